The van der Waals surface area contributed by atoms with Crippen molar-refractivity contribution in [1.29, 1.82) is 0 Å². The monoisotopic (exact) mass is 388 g/mol. The zero-order chi connectivity index (χ0) is 18.8. The highest BCUT2D eigenvalue weighted by Crippen LogP contribution is 2.32. The molecule has 2 aliphatic heterocycles. The van der Waals surface area contributed by atoms with Crippen molar-refractivity contribution in [3.63, 3.8) is 0 Å². The summed E-state index contributed by atoms with van der Waals surface area (Å²) in [4.78, 5) is 16.4. The van der Waals surface area contributed by atoms with Crippen LogP contribution in [0.1, 0.15) is 10.4 Å². The maximum atomic E-state index is 12.6. The lowest BCUT2D eigenvalue weighted by molar-refractivity contribution is -0.880. The number of hydrogen-bond donors (Lipinski definition) is 2. The minimum Gasteiger partial charge on any atom is -0.486 e. The van der Waals surface area contributed by atoms with Crippen LogP contribution in [-0.2, 0) is 0 Å². The molecular weight excluding hydrogens is 366 g/mol. The molecule has 2 heterocycles. The molecule has 0 bridgehead atoms. The molecular formula is C20H23ClN3O3+. The molecule has 1 saturated heterocycles. The van der Waals surface area contributed by atoms with Crippen molar-refractivity contribution in [2.45, 2.75) is 0 Å². The van der Waals surface area contributed by atoms with E-state index in [1.54, 1.807) is 24.3 Å². The van der Waals surface area contributed by atoms with Gasteiger partial charge in [-0.3, -0.25) is 4.79 Å². The van der Waals surface area contributed by atoms with Crippen LogP contribution in [0.5, 0.6) is 11.5 Å². The first kappa shape index (κ1) is 17.9. The lowest BCUT2D eigenvalue weighted by atomic mass is 10.1. The fraction of sp³-hybridized carbons (Fsp3) is 0.350. The van der Waals surface area contributed by atoms with Gasteiger partial charge in [-0.1, -0.05) is 11.6 Å². The summed E-state index contributed by atoms with van der Waals surface area (Å²) in [6.07, 6.45) is 0. The summed E-state index contributed by atoms with van der Waals surface area (Å²) < 4.78 is 11.0. The third-order valence-electron chi connectivity index (χ3n) is 4.97. The van der Waals surface area contributed by atoms with Crippen LogP contribution in [0.4, 0.5) is 11.4 Å². The van der Waals surface area contributed by atoms with Crippen molar-refractivity contribution < 1.29 is 19.2 Å². The summed E-state index contributed by atoms with van der Waals surface area (Å²) in [5.41, 5.74) is 2.20. The van der Waals surface area contributed by atoms with E-state index in [1.165, 1.54) is 4.90 Å². The van der Waals surface area contributed by atoms with E-state index in [0.717, 1.165) is 31.9 Å². The number of anilines is 2. The summed E-state index contributed by atoms with van der Waals surface area (Å²) in [6.45, 7) is 5.17. The number of hydrogen-bond acceptors (Lipinski definition) is 4. The van der Waals surface area contributed by atoms with Gasteiger partial charge in [0, 0.05) is 11.3 Å². The Morgan fingerprint density at radius 3 is 2.56 bits per heavy atom. The summed E-state index contributed by atoms with van der Waals surface area (Å²) >= 11 is 6.49. The highest BCUT2D eigenvalue weighted by Gasteiger charge is 2.20. The van der Waals surface area contributed by atoms with E-state index >= 15 is 0 Å². The van der Waals surface area contributed by atoms with Gasteiger partial charge >= 0.3 is 0 Å². The lowest BCUT2D eigenvalue weighted by Gasteiger charge is -2.32. The normalized spacial score (nSPS) is 16.9. The maximum absolute atomic E-state index is 12.6. The standard InChI is InChI=1S/C20H22ClN3O3/c1-23-6-8-24(9-7-23)17-4-3-15(13-16(17)21)22-20(25)14-2-5-18-19(12-14)27-11-10-26-18/h2-5,12-13H,6-11H2,1H3,(H,22,25)/p+1. The SMILES string of the molecule is C[NH+]1CCN(c2ccc(NC(=O)c3ccc4c(c3)OCCO4)cc2Cl)CC1. The fourth-order valence-electron chi connectivity index (χ4n) is 3.36. The Labute approximate surface area is 163 Å². The molecule has 7 heteroatoms. The number of halogens is 1. The van der Waals surface area contributed by atoms with Gasteiger partial charge in [0.25, 0.3) is 5.91 Å². The molecule has 142 valence electrons. The van der Waals surface area contributed by atoms with E-state index in [4.69, 9.17) is 21.1 Å². The van der Waals surface area contributed by atoms with Gasteiger partial charge in [0.05, 0.1) is 43.9 Å². The second kappa shape index (κ2) is 7.66. The van der Waals surface area contributed by atoms with Crippen molar-refractivity contribution in [2.75, 3.05) is 56.7 Å². The predicted octanol–water partition coefficient (Wildman–Crippen LogP) is 1.70. The average molecular weight is 389 g/mol. The van der Waals surface area contributed by atoms with Crippen LogP contribution < -0.4 is 24.6 Å². The Morgan fingerprint density at radius 2 is 1.81 bits per heavy atom. The van der Waals surface area contributed by atoms with Gasteiger partial charge in [0.15, 0.2) is 11.5 Å². The second-order valence-electron chi connectivity index (χ2n) is 6.92. The minimum absolute atomic E-state index is 0.209. The van der Waals surface area contributed by atoms with Crippen molar-refractivity contribution >= 4 is 28.9 Å². The maximum Gasteiger partial charge on any atom is 0.255 e. The molecule has 2 N–H and O–H groups in total. The molecule has 0 spiro atoms. The summed E-state index contributed by atoms with van der Waals surface area (Å²) in [7, 11) is 2.20. The number of rotatable bonds is 3. The number of fused-ring (bicyclic) bond motifs is 1. The van der Waals surface area contributed by atoms with Gasteiger partial charge in [-0.05, 0) is 36.4 Å². The highest BCUT2D eigenvalue weighted by atomic mass is 35.5. The smallest absolute Gasteiger partial charge is 0.255 e. The third kappa shape index (κ3) is 3.96. The molecule has 0 unspecified atom stereocenters. The number of benzene rings is 2. The van der Waals surface area contributed by atoms with Crippen molar-refractivity contribution in [1.82, 2.24) is 0 Å². The summed E-state index contributed by atoms with van der Waals surface area (Å²) in [5.74, 6) is 1.05. The number of carbonyl (C=O) groups is 1. The first-order chi connectivity index (χ1) is 13.1. The fourth-order valence-corrected chi connectivity index (χ4v) is 3.66. The predicted molar refractivity (Wildman–Crippen MR) is 106 cm³/mol. The molecule has 2 aliphatic rings. The molecule has 27 heavy (non-hydrogen) atoms. The second-order valence-corrected chi connectivity index (χ2v) is 7.33. The van der Waals surface area contributed by atoms with E-state index < -0.39 is 0 Å². The third-order valence-corrected chi connectivity index (χ3v) is 5.27. The first-order valence-electron chi connectivity index (χ1n) is 9.17. The zero-order valence-electron chi connectivity index (χ0n) is 15.3. The minimum atomic E-state index is -0.209. The summed E-state index contributed by atoms with van der Waals surface area (Å²) in [5, 5.41) is 3.55. The highest BCUT2D eigenvalue weighted by molar-refractivity contribution is 6.33. The first-order valence-corrected chi connectivity index (χ1v) is 9.55. The molecule has 1 fully saturated rings. The number of carbonyl (C=O) groups excluding carboxylic acids is 1. The molecule has 0 aromatic heterocycles. The van der Waals surface area contributed by atoms with Crippen molar-refractivity contribution in [3.8, 4) is 11.5 Å². The number of amides is 1. The van der Waals surface area contributed by atoms with E-state index in [1.807, 2.05) is 12.1 Å². The van der Waals surface area contributed by atoms with Gasteiger partial charge in [-0.25, -0.2) is 0 Å². The van der Waals surface area contributed by atoms with E-state index in [0.29, 0.717) is 41.0 Å². The number of piperazine rings is 1. The van der Waals surface area contributed by atoms with Crippen LogP contribution in [-0.4, -0.2) is 52.3 Å². The molecule has 0 radical (unpaired) electrons. The van der Waals surface area contributed by atoms with E-state index in [9.17, 15) is 4.79 Å². The van der Waals surface area contributed by atoms with Gasteiger partial charge in [0.1, 0.15) is 13.2 Å². The van der Waals surface area contributed by atoms with E-state index in [-0.39, 0.29) is 5.91 Å². The molecule has 2 aromatic rings. The van der Waals surface area contributed by atoms with Gasteiger partial charge in [0.2, 0.25) is 0 Å². The van der Waals surface area contributed by atoms with Crippen molar-refractivity contribution in [3.05, 3.63) is 47.0 Å². The Kier molecular flexibility index (Phi) is 5.09. The van der Waals surface area contributed by atoms with Crippen LogP contribution in [0.15, 0.2) is 36.4 Å². The van der Waals surface area contributed by atoms with Crippen LogP contribution >= 0.6 is 11.6 Å². The van der Waals surface area contributed by atoms with Gasteiger partial charge in [-0.15, -0.1) is 0 Å². The number of nitrogens with one attached hydrogen (secondary N) is 2. The van der Waals surface area contributed by atoms with Crippen LogP contribution in [0.25, 0.3) is 0 Å². The van der Waals surface area contributed by atoms with Crippen LogP contribution in [0, 0.1) is 0 Å². The Hall–Kier alpha value is -2.44. The largest absolute Gasteiger partial charge is 0.486 e. The zero-order valence-corrected chi connectivity index (χ0v) is 16.0. The van der Waals surface area contributed by atoms with Gasteiger partial charge < -0.3 is 24.6 Å². The average Bonchev–Trinajstić information content (AvgIpc) is 2.68. The number of likely N-dealkylation sites (N-methyl/N-ethyl adjacent to an activating group) is 1. The number of quaternary nitrogens is 1. The molecule has 0 aliphatic carbocycles. The Bertz CT molecular complexity index is 850. The van der Waals surface area contributed by atoms with E-state index in [2.05, 4.69) is 17.3 Å². The number of nitrogens with zero attached hydrogens (tertiary/aromatic N) is 1. The molecule has 0 atom stereocenters. The Morgan fingerprint density at radius 1 is 1.07 bits per heavy atom. The molecule has 0 saturated carbocycles. The summed E-state index contributed by atoms with van der Waals surface area (Å²) in [6, 6.07) is 10.9. The quantitative estimate of drug-likeness (QED) is 0.840. The molecule has 2 aromatic carbocycles. The molecule has 6 nitrogen and oxygen atoms in total. The topological polar surface area (TPSA) is 55.2 Å². The van der Waals surface area contributed by atoms with Gasteiger partial charge in [-0.2, -0.15) is 0 Å². The molecule has 1 amide bonds. The van der Waals surface area contributed by atoms with Crippen LogP contribution in [0.3, 0.4) is 0 Å². The lowest BCUT2D eigenvalue weighted by Crippen LogP contribution is -3.12. The van der Waals surface area contributed by atoms with Crippen LogP contribution in [0.2, 0.25) is 5.02 Å². The Balaban J connectivity index is 1.46. The molecule has 4 rings (SSSR count). The van der Waals surface area contributed by atoms with Crippen molar-refractivity contribution in [2.24, 2.45) is 0 Å². The number of ether oxygens (including phenoxy) is 2.